The van der Waals surface area contributed by atoms with Crippen LogP contribution in [0.1, 0.15) is 9.67 Å². The number of carbonyl (C=O) groups is 1. The number of nitrogens with two attached hydrogens (primary N) is 1. The molecule has 1 aliphatic heterocycles. The molecular weight excluding hydrogens is 396 g/mol. The maximum absolute atomic E-state index is 13.2. The Kier molecular flexibility index (Phi) is 4.67. The molecule has 0 bridgehead atoms. The fourth-order valence-electron chi connectivity index (χ4n) is 3.92. The highest BCUT2D eigenvalue weighted by Crippen LogP contribution is 2.36. The maximum Gasteiger partial charge on any atom is 0.266 e. The van der Waals surface area contributed by atoms with Crippen molar-refractivity contribution in [1.82, 2.24) is 9.88 Å². The van der Waals surface area contributed by atoms with Gasteiger partial charge in [0.2, 0.25) is 0 Å². The molecule has 1 aliphatic rings. The van der Waals surface area contributed by atoms with E-state index in [4.69, 9.17) is 15.5 Å². The number of carbonyl (C=O) groups excluding carboxylic acids is 1. The Morgan fingerprint density at radius 2 is 1.83 bits per heavy atom. The first-order valence-electron chi connectivity index (χ1n) is 9.90. The third kappa shape index (κ3) is 3.21. The fourth-order valence-corrected chi connectivity index (χ4v) is 4.97. The van der Waals surface area contributed by atoms with Gasteiger partial charge in [0.25, 0.3) is 5.91 Å². The monoisotopic (exact) mass is 418 g/mol. The van der Waals surface area contributed by atoms with E-state index in [0.29, 0.717) is 23.7 Å². The van der Waals surface area contributed by atoms with Gasteiger partial charge in [0.1, 0.15) is 15.5 Å². The molecule has 152 valence electrons. The van der Waals surface area contributed by atoms with Crippen molar-refractivity contribution >= 4 is 49.7 Å². The summed E-state index contributed by atoms with van der Waals surface area (Å²) >= 11 is 1.38. The van der Waals surface area contributed by atoms with E-state index < -0.39 is 0 Å². The Balaban J connectivity index is 1.41. The van der Waals surface area contributed by atoms with Gasteiger partial charge in [0.05, 0.1) is 18.3 Å². The third-order valence-electron chi connectivity index (χ3n) is 5.60. The lowest BCUT2D eigenvalue weighted by Gasteiger charge is -2.36. The average molecular weight is 419 g/mol. The van der Waals surface area contributed by atoms with Crippen molar-refractivity contribution in [2.45, 2.75) is 0 Å². The molecule has 1 amide bonds. The van der Waals surface area contributed by atoms with Gasteiger partial charge in [-0.1, -0.05) is 18.2 Å². The van der Waals surface area contributed by atoms with Crippen LogP contribution < -0.4 is 15.4 Å². The van der Waals surface area contributed by atoms with Crippen LogP contribution in [0, 0.1) is 0 Å². The summed E-state index contributed by atoms with van der Waals surface area (Å²) < 4.78 is 5.31. The van der Waals surface area contributed by atoms with Gasteiger partial charge in [-0.05, 0) is 36.4 Å². The number of piperazine rings is 1. The fraction of sp³-hybridized carbons (Fsp3) is 0.217. The van der Waals surface area contributed by atoms with E-state index in [0.717, 1.165) is 40.0 Å². The van der Waals surface area contributed by atoms with E-state index in [1.807, 2.05) is 47.4 Å². The number of ether oxygens (including phenoxy) is 1. The molecule has 3 heterocycles. The Morgan fingerprint density at radius 1 is 1.07 bits per heavy atom. The topological polar surface area (TPSA) is 71.7 Å². The van der Waals surface area contributed by atoms with Crippen LogP contribution in [0.4, 0.5) is 11.4 Å². The van der Waals surface area contributed by atoms with Gasteiger partial charge in [0.15, 0.2) is 0 Å². The van der Waals surface area contributed by atoms with Gasteiger partial charge in [-0.15, -0.1) is 11.3 Å². The summed E-state index contributed by atoms with van der Waals surface area (Å²) in [5, 5.41) is 1.77. The van der Waals surface area contributed by atoms with Crippen LogP contribution in [-0.4, -0.2) is 49.1 Å². The van der Waals surface area contributed by atoms with Crippen LogP contribution in [0.15, 0.2) is 54.6 Å². The highest BCUT2D eigenvalue weighted by Gasteiger charge is 2.26. The number of amides is 1. The van der Waals surface area contributed by atoms with Crippen molar-refractivity contribution in [3.63, 3.8) is 0 Å². The van der Waals surface area contributed by atoms with Crippen LogP contribution in [0.3, 0.4) is 0 Å². The second-order valence-electron chi connectivity index (χ2n) is 7.36. The molecule has 2 aromatic heterocycles. The Morgan fingerprint density at radius 3 is 2.57 bits per heavy atom. The highest BCUT2D eigenvalue weighted by molar-refractivity contribution is 7.21. The number of fused-ring (bicyclic) bond motifs is 2. The standard InChI is InChI=1S/C23H22N4O2S/c1-29-17-7-8-19-15(13-17)14-18-20(24)21(30-22(18)25-19)23(28)27-11-9-26(10-12-27)16-5-3-2-4-6-16/h2-8,13-14H,9-12,24H2,1H3. The molecule has 2 N–H and O–H groups in total. The zero-order valence-electron chi connectivity index (χ0n) is 16.7. The maximum atomic E-state index is 13.2. The molecule has 0 saturated carbocycles. The SMILES string of the molecule is COc1ccc2nc3sc(C(=O)N4CCN(c5ccccc5)CC4)c(N)c3cc2c1. The molecule has 0 radical (unpaired) electrons. The Hall–Kier alpha value is -3.32. The molecule has 7 heteroatoms. The number of hydrogen-bond donors (Lipinski definition) is 1. The minimum Gasteiger partial charge on any atom is -0.497 e. The summed E-state index contributed by atoms with van der Waals surface area (Å²) in [6.07, 6.45) is 0. The number of pyridine rings is 1. The minimum atomic E-state index is -0.00940. The number of hydrogen-bond acceptors (Lipinski definition) is 6. The molecule has 0 unspecified atom stereocenters. The van der Waals surface area contributed by atoms with Crippen molar-refractivity contribution in [2.24, 2.45) is 0 Å². The van der Waals surface area contributed by atoms with E-state index in [-0.39, 0.29) is 5.91 Å². The first kappa shape index (κ1) is 18.7. The lowest BCUT2D eigenvalue weighted by atomic mass is 10.1. The van der Waals surface area contributed by atoms with Gasteiger partial charge in [0, 0.05) is 42.6 Å². The van der Waals surface area contributed by atoms with Gasteiger partial charge in [-0.2, -0.15) is 0 Å². The molecule has 0 aliphatic carbocycles. The predicted molar refractivity (Wildman–Crippen MR) is 123 cm³/mol. The van der Waals surface area contributed by atoms with Crippen LogP contribution in [-0.2, 0) is 0 Å². The Labute approximate surface area is 178 Å². The lowest BCUT2D eigenvalue weighted by Crippen LogP contribution is -2.48. The van der Waals surface area contributed by atoms with Crippen molar-refractivity contribution in [3.05, 3.63) is 59.5 Å². The van der Waals surface area contributed by atoms with Crippen molar-refractivity contribution in [1.29, 1.82) is 0 Å². The van der Waals surface area contributed by atoms with E-state index in [2.05, 4.69) is 17.0 Å². The number of nitrogen functional groups attached to an aromatic ring is 1. The number of nitrogens with zero attached hydrogens (tertiary/aromatic N) is 3. The largest absolute Gasteiger partial charge is 0.497 e. The highest BCUT2D eigenvalue weighted by atomic mass is 32.1. The molecule has 5 rings (SSSR count). The molecule has 0 atom stereocenters. The van der Waals surface area contributed by atoms with Crippen LogP contribution in [0.25, 0.3) is 21.1 Å². The van der Waals surface area contributed by atoms with Gasteiger partial charge >= 0.3 is 0 Å². The van der Waals surface area contributed by atoms with E-state index in [9.17, 15) is 4.79 Å². The summed E-state index contributed by atoms with van der Waals surface area (Å²) in [6.45, 7) is 2.97. The second-order valence-corrected chi connectivity index (χ2v) is 8.36. The molecule has 1 fully saturated rings. The summed E-state index contributed by atoms with van der Waals surface area (Å²) in [5.74, 6) is 0.759. The number of thiophene rings is 1. The quantitative estimate of drug-likeness (QED) is 0.544. The van der Waals surface area contributed by atoms with Gasteiger partial charge in [-0.25, -0.2) is 4.98 Å². The minimum absolute atomic E-state index is 0.00940. The second kappa shape index (κ2) is 7.50. The first-order valence-corrected chi connectivity index (χ1v) is 10.7. The van der Waals surface area contributed by atoms with Crippen molar-refractivity contribution in [3.8, 4) is 5.75 Å². The average Bonchev–Trinajstić information content (AvgIpc) is 3.12. The smallest absolute Gasteiger partial charge is 0.266 e. The van der Waals surface area contributed by atoms with Crippen LogP contribution in [0.5, 0.6) is 5.75 Å². The van der Waals surface area contributed by atoms with E-state index in [1.54, 1.807) is 7.11 Å². The number of rotatable bonds is 3. The third-order valence-corrected chi connectivity index (χ3v) is 6.71. The van der Waals surface area contributed by atoms with Crippen molar-refractivity contribution in [2.75, 3.05) is 43.9 Å². The molecule has 4 aromatic rings. The normalized spacial score (nSPS) is 14.4. The summed E-state index contributed by atoms with van der Waals surface area (Å²) in [6, 6.07) is 18.0. The number of para-hydroxylation sites is 1. The lowest BCUT2D eigenvalue weighted by molar-refractivity contribution is 0.0752. The number of benzene rings is 2. The summed E-state index contributed by atoms with van der Waals surface area (Å²) in [7, 11) is 1.64. The molecule has 2 aromatic carbocycles. The van der Waals surface area contributed by atoms with Gasteiger partial charge in [-0.3, -0.25) is 4.79 Å². The Bertz CT molecular complexity index is 1230. The number of anilines is 2. The zero-order valence-corrected chi connectivity index (χ0v) is 17.5. The zero-order chi connectivity index (χ0) is 20.7. The van der Waals surface area contributed by atoms with Crippen molar-refractivity contribution < 1.29 is 9.53 Å². The van der Waals surface area contributed by atoms with E-state index >= 15 is 0 Å². The molecular formula is C23H22N4O2S. The molecule has 0 spiro atoms. The molecule has 1 saturated heterocycles. The van der Waals surface area contributed by atoms with Crippen LogP contribution >= 0.6 is 11.3 Å². The van der Waals surface area contributed by atoms with E-state index in [1.165, 1.54) is 17.0 Å². The number of methoxy groups -OCH3 is 1. The van der Waals surface area contributed by atoms with Gasteiger partial charge < -0.3 is 20.3 Å². The predicted octanol–water partition coefficient (Wildman–Crippen LogP) is 4.00. The summed E-state index contributed by atoms with van der Waals surface area (Å²) in [5.41, 5.74) is 8.98. The molecule has 30 heavy (non-hydrogen) atoms. The number of aromatic nitrogens is 1. The summed E-state index contributed by atoms with van der Waals surface area (Å²) in [4.78, 5) is 23.5. The molecule has 6 nitrogen and oxygen atoms in total. The first-order chi connectivity index (χ1) is 14.6. The van der Waals surface area contributed by atoms with Crippen LogP contribution in [0.2, 0.25) is 0 Å².